The smallest absolute Gasteiger partial charge is 0.256 e. The van der Waals surface area contributed by atoms with E-state index >= 15 is 0 Å². The SMILES string of the molecule is CC[C@H](NC(=O)CSc1nnc2nc(C)cc(C)n12)c1ccc(C)cc1. The minimum atomic E-state index is -0.0168. The zero-order valence-corrected chi connectivity index (χ0v) is 16.3. The number of hydrogen-bond donors (Lipinski definition) is 1. The highest BCUT2D eigenvalue weighted by Crippen LogP contribution is 2.20. The molecule has 0 aliphatic carbocycles. The van der Waals surface area contributed by atoms with Gasteiger partial charge in [-0.15, -0.1) is 10.2 Å². The van der Waals surface area contributed by atoms with Gasteiger partial charge in [-0.3, -0.25) is 9.20 Å². The van der Waals surface area contributed by atoms with Crippen LogP contribution in [-0.4, -0.2) is 31.2 Å². The van der Waals surface area contributed by atoms with Crippen molar-refractivity contribution in [2.75, 3.05) is 5.75 Å². The lowest BCUT2D eigenvalue weighted by molar-refractivity contribution is -0.119. The van der Waals surface area contributed by atoms with E-state index in [4.69, 9.17) is 0 Å². The number of carbonyl (C=O) groups is 1. The fourth-order valence-electron chi connectivity index (χ4n) is 2.88. The molecule has 0 radical (unpaired) electrons. The van der Waals surface area contributed by atoms with Crippen LogP contribution in [0.4, 0.5) is 0 Å². The molecule has 1 atom stereocenters. The fraction of sp³-hybridized carbons (Fsp3) is 0.368. The number of fused-ring (bicyclic) bond motifs is 1. The summed E-state index contributed by atoms with van der Waals surface area (Å²) in [5.41, 5.74) is 4.25. The Morgan fingerprint density at radius 2 is 1.92 bits per heavy atom. The summed E-state index contributed by atoms with van der Waals surface area (Å²) in [5, 5.41) is 12.1. The molecule has 0 unspecified atom stereocenters. The molecule has 1 aromatic carbocycles. The molecule has 1 N–H and O–H groups in total. The zero-order valence-electron chi connectivity index (χ0n) is 15.5. The van der Waals surface area contributed by atoms with Gasteiger partial charge in [-0.25, -0.2) is 4.98 Å². The van der Waals surface area contributed by atoms with E-state index in [0.717, 1.165) is 23.4 Å². The molecule has 26 heavy (non-hydrogen) atoms. The molecule has 6 nitrogen and oxygen atoms in total. The third-order valence-electron chi connectivity index (χ3n) is 4.22. The number of aromatic nitrogens is 4. The average molecular weight is 369 g/mol. The number of nitrogens with zero attached hydrogens (tertiary/aromatic N) is 4. The minimum Gasteiger partial charge on any atom is -0.349 e. The van der Waals surface area contributed by atoms with Crippen LogP contribution in [0.5, 0.6) is 0 Å². The summed E-state index contributed by atoms with van der Waals surface area (Å²) >= 11 is 1.37. The average Bonchev–Trinajstić information content (AvgIpc) is 3.02. The highest BCUT2D eigenvalue weighted by Gasteiger charge is 2.15. The molecular weight excluding hydrogens is 346 g/mol. The van der Waals surface area contributed by atoms with Crippen molar-refractivity contribution in [1.29, 1.82) is 0 Å². The molecule has 1 amide bonds. The van der Waals surface area contributed by atoms with Crippen molar-refractivity contribution >= 4 is 23.4 Å². The van der Waals surface area contributed by atoms with Crippen LogP contribution in [0.25, 0.3) is 5.78 Å². The van der Waals surface area contributed by atoms with Gasteiger partial charge >= 0.3 is 0 Å². The Labute approximate surface area is 157 Å². The second-order valence-electron chi connectivity index (χ2n) is 6.38. The molecule has 0 fully saturated rings. The van der Waals surface area contributed by atoms with Crippen molar-refractivity contribution in [2.24, 2.45) is 0 Å². The summed E-state index contributed by atoms with van der Waals surface area (Å²) in [7, 11) is 0. The Hall–Kier alpha value is -2.41. The first-order chi connectivity index (χ1) is 12.5. The van der Waals surface area contributed by atoms with Crippen LogP contribution >= 0.6 is 11.8 Å². The Bertz CT molecular complexity index is 920. The van der Waals surface area contributed by atoms with E-state index in [2.05, 4.69) is 58.6 Å². The largest absolute Gasteiger partial charge is 0.349 e. The van der Waals surface area contributed by atoms with Crippen molar-refractivity contribution in [1.82, 2.24) is 24.9 Å². The number of thioether (sulfide) groups is 1. The number of rotatable bonds is 6. The first-order valence-electron chi connectivity index (χ1n) is 8.66. The molecule has 7 heteroatoms. The Kier molecular flexibility index (Phi) is 5.56. The lowest BCUT2D eigenvalue weighted by Gasteiger charge is -2.17. The normalized spacial score (nSPS) is 12.3. The van der Waals surface area contributed by atoms with E-state index in [-0.39, 0.29) is 17.7 Å². The maximum atomic E-state index is 12.4. The van der Waals surface area contributed by atoms with Gasteiger partial charge in [0.1, 0.15) is 0 Å². The van der Waals surface area contributed by atoms with Crippen molar-refractivity contribution in [3.8, 4) is 0 Å². The summed E-state index contributed by atoms with van der Waals surface area (Å²) in [5.74, 6) is 0.838. The van der Waals surface area contributed by atoms with Crippen molar-refractivity contribution in [3.05, 3.63) is 52.8 Å². The van der Waals surface area contributed by atoms with E-state index in [1.54, 1.807) is 0 Å². The highest BCUT2D eigenvalue weighted by atomic mass is 32.2. The van der Waals surface area contributed by atoms with Gasteiger partial charge in [0.05, 0.1) is 11.8 Å². The monoisotopic (exact) mass is 369 g/mol. The fourth-order valence-corrected chi connectivity index (χ4v) is 3.68. The molecule has 3 aromatic rings. The van der Waals surface area contributed by atoms with Gasteiger partial charge in [-0.1, -0.05) is 48.5 Å². The van der Waals surface area contributed by atoms with Gasteiger partial charge in [-0.05, 0) is 38.8 Å². The number of aryl methyl sites for hydroxylation is 3. The standard InChI is InChI=1S/C19H23N5OS/c1-5-16(15-8-6-12(2)7-9-15)21-17(25)11-26-19-23-22-18-20-13(3)10-14(4)24(18)19/h6-10,16H,5,11H2,1-4H3,(H,21,25)/t16-/m0/s1. The minimum absolute atomic E-state index is 0.0168. The van der Waals surface area contributed by atoms with E-state index in [0.29, 0.717) is 10.9 Å². The highest BCUT2D eigenvalue weighted by molar-refractivity contribution is 7.99. The first-order valence-corrected chi connectivity index (χ1v) is 9.64. The molecule has 0 saturated heterocycles. The predicted molar refractivity (Wildman–Crippen MR) is 103 cm³/mol. The second kappa shape index (κ2) is 7.86. The Balaban J connectivity index is 1.66. The van der Waals surface area contributed by atoms with E-state index < -0.39 is 0 Å². The van der Waals surface area contributed by atoms with Gasteiger partial charge in [0, 0.05) is 11.4 Å². The van der Waals surface area contributed by atoms with Crippen LogP contribution in [0, 0.1) is 20.8 Å². The number of carbonyl (C=O) groups excluding carboxylic acids is 1. The maximum Gasteiger partial charge on any atom is 0.256 e. The lowest BCUT2D eigenvalue weighted by Crippen LogP contribution is -2.29. The van der Waals surface area contributed by atoms with Gasteiger partial charge in [0.2, 0.25) is 5.91 Å². The van der Waals surface area contributed by atoms with Crippen LogP contribution in [0.2, 0.25) is 0 Å². The van der Waals surface area contributed by atoms with Crippen LogP contribution < -0.4 is 5.32 Å². The van der Waals surface area contributed by atoms with Gasteiger partial charge in [-0.2, -0.15) is 0 Å². The van der Waals surface area contributed by atoms with Crippen LogP contribution in [0.1, 0.15) is 41.9 Å². The van der Waals surface area contributed by atoms with Gasteiger partial charge in [0.25, 0.3) is 5.78 Å². The van der Waals surface area contributed by atoms with Crippen molar-refractivity contribution in [3.63, 3.8) is 0 Å². The molecule has 0 bridgehead atoms. The molecule has 0 aliphatic rings. The Morgan fingerprint density at radius 3 is 2.62 bits per heavy atom. The molecule has 0 spiro atoms. The first kappa shape index (κ1) is 18.4. The number of nitrogens with one attached hydrogen (secondary N) is 1. The van der Waals surface area contributed by atoms with Crippen molar-refractivity contribution < 1.29 is 4.79 Å². The number of amides is 1. The molecule has 0 saturated carbocycles. The lowest BCUT2D eigenvalue weighted by atomic mass is 10.0. The van der Waals surface area contributed by atoms with Crippen molar-refractivity contribution in [2.45, 2.75) is 45.3 Å². The zero-order chi connectivity index (χ0) is 18.7. The van der Waals surface area contributed by atoms with Gasteiger partial charge < -0.3 is 5.32 Å². The number of benzene rings is 1. The van der Waals surface area contributed by atoms with E-state index in [9.17, 15) is 4.79 Å². The molecule has 0 aliphatic heterocycles. The maximum absolute atomic E-state index is 12.4. The quantitative estimate of drug-likeness (QED) is 0.674. The third-order valence-corrected chi connectivity index (χ3v) is 5.15. The van der Waals surface area contributed by atoms with Crippen LogP contribution in [0.3, 0.4) is 0 Å². The summed E-state index contributed by atoms with van der Waals surface area (Å²) < 4.78 is 1.88. The van der Waals surface area contributed by atoms with Crippen LogP contribution in [-0.2, 0) is 4.79 Å². The van der Waals surface area contributed by atoms with Crippen LogP contribution in [0.15, 0.2) is 35.5 Å². The summed E-state index contributed by atoms with van der Waals surface area (Å²) in [6, 6.07) is 10.3. The van der Waals surface area contributed by atoms with E-state index in [1.165, 1.54) is 17.3 Å². The summed E-state index contributed by atoms with van der Waals surface area (Å²) in [6.07, 6.45) is 0.843. The molecule has 136 valence electrons. The molecular formula is C19H23N5OS. The molecule has 3 rings (SSSR count). The molecule has 2 aromatic heterocycles. The van der Waals surface area contributed by atoms with E-state index in [1.807, 2.05) is 24.3 Å². The third kappa shape index (κ3) is 4.04. The summed E-state index contributed by atoms with van der Waals surface area (Å²) in [4.78, 5) is 16.8. The second-order valence-corrected chi connectivity index (χ2v) is 7.33. The number of hydrogen-bond acceptors (Lipinski definition) is 5. The molecule has 2 heterocycles. The Morgan fingerprint density at radius 1 is 1.19 bits per heavy atom. The topological polar surface area (TPSA) is 72.2 Å². The predicted octanol–water partition coefficient (Wildman–Crippen LogP) is 3.41. The van der Waals surface area contributed by atoms with Gasteiger partial charge in [0.15, 0.2) is 5.16 Å². The summed E-state index contributed by atoms with van der Waals surface area (Å²) in [6.45, 7) is 8.04.